The van der Waals surface area contributed by atoms with Gasteiger partial charge in [-0.15, -0.1) is 0 Å². The molecule has 1 fully saturated rings. The van der Waals surface area contributed by atoms with Crippen molar-refractivity contribution in [1.29, 1.82) is 5.26 Å². The van der Waals surface area contributed by atoms with Crippen LogP contribution in [0, 0.1) is 17.2 Å². The van der Waals surface area contributed by atoms with Crippen molar-refractivity contribution >= 4 is 33.6 Å². The highest BCUT2D eigenvalue weighted by Gasteiger charge is 2.33. The van der Waals surface area contributed by atoms with Crippen LogP contribution in [0.5, 0.6) is 0 Å². The summed E-state index contributed by atoms with van der Waals surface area (Å²) in [6.07, 6.45) is -0.00492. The number of hydrogen-bond acceptors (Lipinski definition) is 3. The highest BCUT2D eigenvalue weighted by molar-refractivity contribution is 9.10. The Morgan fingerprint density at radius 1 is 1.22 bits per heavy atom. The number of carbonyl (C=O) groups excluding carboxylic acids is 1. The molecule has 2 aromatic rings. The van der Waals surface area contributed by atoms with Gasteiger partial charge in [0, 0.05) is 35.7 Å². The molecule has 3 rings (SSSR count). The van der Waals surface area contributed by atoms with Gasteiger partial charge in [-0.1, -0.05) is 28.1 Å². The van der Waals surface area contributed by atoms with E-state index in [1.165, 1.54) is 0 Å². The summed E-state index contributed by atoms with van der Waals surface area (Å²) in [6.45, 7) is 1.06. The maximum Gasteiger partial charge on any atom is 0.324 e. The fraction of sp³-hybridized carbons (Fsp3) is 0.250. The number of nitrogens with zero attached hydrogens (tertiary/aromatic N) is 3. The molecule has 1 unspecified atom stereocenters. The third-order valence-corrected chi connectivity index (χ3v) is 4.98. The lowest BCUT2D eigenvalue weighted by Gasteiger charge is -2.40. The number of hydrogen-bond donors (Lipinski definition) is 1. The molecule has 2 amide bonds. The smallest absolute Gasteiger partial charge is 0.324 e. The van der Waals surface area contributed by atoms with Crippen molar-refractivity contribution in [3.8, 4) is 6.07 Å². The van der Waals surface area contributed by atoms with E-state index in [0.29, 0.717) is 25.2 Å². The predicted octanol–water partition coefficient (Wildman–Crippen LogP) is 3.85. The minimum Gasteiger partial charge on any atom is -0.481 e. The molecule has 1 aliphatic rings. The number of carboxylic acids is 1. The van der Waals surface area contributed by atoms with Crippen molar-refractivity contribution < 1.29 is 14.7 Å². The molecule has 1 saturated heterocycles. The lowest BCUT2D eigenvalue weighted by molar-refractivity contribution is -0.138. The molecule has 1 aliphatic heterocycles. The van der Waals surface area contributed by atoms with Crippen LogP contribution in [0.25, 0.3) is 0 Å². The van der Waals surface area contributed by atoms with Crippen molar-refractivity contribution in [1.82, 2.24) is 4.90 Å². The molecule has 0 aliphatic carbocycles. The molecule has 0 saturated carbocycles. The van der Waals surface area contributed by atoms with Crippen LogP contribution < -0.4 is 4.90 Å². The number of carboxylic acid groups (broad SMARTS) is 1. The minimum atomic E-state index is -0.878. The van der Waals surface area contributed by atoms with Gasteiger partial charge in [-0.05, 0) is 42.0 Å². The average Bonchev–Trinajstić information content (AvgIpc) is 2.65. The molecule has 0 radical (unpaired) electrons. The standard InChI is InChI=1S/C20H18BrN3O3/c21-17-4-6-18(7-5-17)24-13-16(9-19(25)26)12-23(20(24)27)11-15-3-1-2-14(8-15)10-22/h1-8,16H,9,11-13H2,(H,25,26). The van der Waals surface area contributed by atoms with E-state index in [1.807, 2.05) is 30.3 Å². The number of aliphatic carboxylic acids is 1. The van der Waals surface area contributed by atoms with Crippen LogP contribution >= 0.6 is 15.9 Å². The Hall–Kier alpha value is -2.85. The Balaban J connectivity index is 1.86. The lowest BCUT2D eigenvalue weighted by Crippen LogP contribution is -2.53. The van der Waals surface area contributed by atoms with Crippen LogP contribution in [0.2, 0.25) is 0 Å². The van der Waals surface area contributed by atoms with Gasteiger partial charge in [0.25, 0.3) is 0 Å². The molecule has 7 heteroatoms. The molecule has 0 bridgehead atoms. The van der Waals surface area contributed by atoms with E-state index in [4.69, 9.17) is 5.26 Å². The van der Waals surface area contributed by atoms with E-state index < -0.39 is 5.97 Å². The van der Waals surface area contributed by atoms with Crippen molar-refractivity contribution in [2.24, 2.45) is 5.92 Å². The molecule has 6 nitrogen and oxygen atoms in total. The summed E-state index contributed by atoms with van der Waals surface area (Å²) in [7, 11) is 0. The first-order valence-electron chi connectivity index (χ1n) is 8.49. The number of anilines is 1. The van der Waals surface area contributed by atoms with E-state index >= 15 is 0 Å². The molecular weight excluding hydrogens is 410 g/mol. The van der Waals surface area contributed by atoms with Gasteiger partial charge >= 0.3 is 12.0 Å². The summed E-state index contributed by atoms with van der Waals surface area (Å²) in [6, 6.07) is 16.4. The second kappa shape index (κ2) is 8.23. The van der Waals surface area contributed by atoms with Crippen LogP contribution in [-0.4, -0.2) is 35.1 Å². The summed E-state index contributed by atoms with van der Waals surface area (Å²) in [4.78, 5) is 27.5. The third-order valence-electron chi connectivity index (χ3n) is 4.45. The van der Waals surface area contributed by atoms with Gasteiger partial charge in [-0.3, -0.25) is 9.69 Å². The zero-order valence-electron chi connectivity index (χ0n) is 14.5. The number of urea groups is 1. The zero-order valence-corrected chi connectivity index (χ0v) is 16.1. The Kier molecular flexibility index (Phi) is 5.77. The Morgan fingerprint density at radius 2 is 1.96 bits per heavy atom. The number of nitriles is 1. The van der Waals surface area contributed by atoms with Crippen molar-refractivity contribution in [2.45, 2.75) is 13.0 Å². The van der Waals surface area contributed by atoms with Crippen molar-refractivity contribution in [2.75, 3.05) is 18.0 Å². The van der Waals surface area contributed by atoms with Crippen LogP contribution in [0.1, 0.15) is 17.5 Å². The van der Waals surface area contributed by atoms with Gasteiger partial charge in [0.2, 0.25) is 0 Å². The summed E-state index contributed by atoms with van der Waals surface area (Å²) in [5, 5.41) is 18.3. The number of amides is 2. The molecular formula is C20H18BrN3O3. The zero-order chi connectivity index (χ0) is 19.4. The maximum absolute atomic E-state index is 13.0. The first kappa shape index (κ1) is 18.9. The van der Waals surface area contributed by atoms with Crippen LogP contribution in [0.15, 0.2) is 53.0 Å². The fourth-order valence-electron chi connectivity index (χ4n) is 3.26. The van der Waals surface area contributed by atoms with E-state index in [0.717, 1.165) is 15.7 Å². The number of halogens is 1. The summed E-state index contributed by atoms with van der Waals surface area (Å²) in [5.74, 6) is -1.06. The maximum atomic E-state index is 13.0. The lowest BCUT2D eigenvalue weighted by atomic mass is 10.0. The monoisotopic (exact) mass is 427 g/mol. The molecule has 27 heavy (non-hydrogen) atoms. The van der Waals surface area contributed by atoms with Gasteiger partial charge < -0.3 is 10.0 Å². The van der Waals surface area contributed by atoms with Gasteiger partial charge in [-0.25, -0.2) is 4.79 Å². The van der Waals surface area contributed by atoms with Gasteiger partial charge in [-0.2, -0.15) is 5.26 Å². The van der Waals surface area contributed by atoms with E-state index in [9.17, 15) is 14.7 Å². The minimum absolute atomic E-state index is 0.00492. The van der Waals surface area contributed by atoms with Crippen molar-refractivity contribution in [3.05, 3.63) is 64.1 Å². The number of rotatable bonds is 5. The first-order valence-corrected chi connectivity index (χ1v) is 9.28. The highest BCUT2D eigenvalue weighted by atomic mass is 79.9. The molecule has 2 aromatic carbocycles. The normalized spacial score (nSPS) is 16.9. The SMILES string of the molecule is N#Cc1cccc(CN2CC(CC(=O)O)CN(c3ccc(Br)cc3)C2=O)c1. The summed E-state index contributed by atoms with van der Waals surface area (Å²) >= 11 is 3.38. The topological polar surface area (TPSA) is 84.6 Å². The fourth-order valence-corrected chi connectivity index (χ4v) is 3.52. The van der Waals surface area contributed by atoms with Gasteiger partial charge in [0.1, 0.15) is 0 Å². The Labute approximate surface area is 165 Å². The second-order valence-corrected chi connectivity index (χ2v) is 7.44. The predicted molar refractivity (Wildman–Crippen MR) is 104 cm³/mol. The van der Waals surface area contributed by atoms with Crippen LogP contribution in [-0.2, 0) is 11.3 Å². The van der Waals surface area contributed by atoms with E-state index in [-0.39, 0.29) is 18.4 Å². The largest absolute Gasteiger partial charge is 0.481 e. The molecule has 1 atom stereocenters. The van der Waals surface area contributed by atoms with E-state index in [1.54, 1.807) is 28.0 Å². The van der Waals surface area contributed by atoms with Gasteiger partial charge in [0.15, 0.2) is 0 Å². The first-order chi connectivity index (χ1) is 13.0. The summed E-state index contributed by atoms with van der Waals surface area (Å²) in [5.41, 5.74) is 2.10. The molecule has 0 aromatic heterocycles. The molecule has 138 valence electrons. The van der Waals surface area contributed by atoms with Crippen LogP contribution in [0.4, 0.5) is 10.5 Å². The van der Waals surface area contributed by atoms with Crippen molar-refractivity contribution in [3.63, 3.8) is 0 Å². The number of carbonyl (C=O) groups is 2. The molecule has 1 N–H and O–H groups in total. The van der Waals surface area contributed by atoms with E-state index in [2.05, 4.69) is 22.0 Å². The molecule has 0 spiro atoms. The Bertz CT molecular complexity index is 892. The quantitative estimate of drug-likeness (QED) is 0.784. The third kappa shape index (κ3) is 4.66. The average molecular weight is 428 g/mol. The Morgan fingerprint density at radius 3 is 2.63 bits per heavy atom. The molecule has 1 heterocycles. The second-order valence-electron chi connectivity index (χ2n) is 6.53. The highest BCUT2D eigenvalue weighted by Crippen LogP contribution is 2.27. The van der Waals surface area contributed by atoms with Gasteiger partial charge in [0.05, 0.1) is 18.1 Å². The van der Waals surface area contributed by atoms with Crippen LogP contribution in [0.3, 0.4) is 0 Å². The number of benzene rings is 2. The summed E-state index contributed by atoms with van der Waals surface area (Å²) < 4.78 is 0.906.